The maximum Gasteiger partial charge on any atom is 0.222 e. The molecule has 8 heavy (non-hydrogen) atoms. The molecule has 1 aliphatic rings. The second kappa shape index (κ2) is 2.13. The van der Waals surface area contributed by atoms with E-state index in [9.17, 15) is 9.90 Å². The molecule has 1 amide bonds. The summed E-state index contributed by atoms with van der Waals surface area (Å²) in [4.78, 5) is 10.4. The number of piperidine rings is 1. The highest BCUT2D eigenvalue weighted by atomic mass is 16.3. The van der Waals surface area contributed by atoms with Crippen molar-refractivity contribution in [2.75, 3.05) is 6.54 Å². The van der Waals surface area contributed by atoms with Gasteiger partial charge in [-0.05, 0) is 6.42 Å². The Balaban J connectivity index is 2.34. The Hall–Kier alpha value is -0.570. The van der Waals surface area contributed by atoms with Gasteiger partial charge in [0.05, 0.1) is 6.42 Å². The van der Waals surface area contributed by atoms with E-state index in [-0.39, 0.29) is 12.3 Å². The monoisotopic (exact) mass is 114 g/mol. The Morgan fingerprint density at radius 3 is 2.75 bits per heavy atom. The third-order valence-corrected chi connectivity index (χ3v) is 1.20. The normalized spacial score (nSPS) is 29.6. The molecule has 3 nitrogen and oxygen atoms in total. The van der Waals surface area contributed by atoms with Crippen molar-refractivity contribution in [3.63, 3.8) is 0 Å². The first-order chi connectivity index (χ1) is 3.79. The predicted molar refractivity (Wildman–Crippen MR) is 26.7 cm³/mol. The lowest BCUT2D eigenvalue weighted by molar-refractivity contribution is -0.126. The Bertz CT molecular complexity index is 103. The van der Waals surface area contributed by atoms with E-state index in [0.29, 0.717) is 13.0 Å². The van der Waals surface area contributed by atoms with Gasteiger partial charge in [-0.15, -0.1) is 0 Å². The second-order valence-corrected chi connectivity index (χ2v) is 1.96. The molecule has 3 heteroatoms. The van der Waals surface area contributed by atoms with E-state index in [1.54, 1.807) is 0 Å². The highest BCUT2D eigenvalue weighted by Crippen LogP contribution is 2.01. The van der Waals surface area contributed by atoms with E-state index in [0.717, 1.165) is 0 Å². The van der Waals surface area contributed by atoms with Gasteiger partial charge in [0.15, 0.2) is 0 Å². The van der Waals surface area contributed by atoms with E-state index < -0.39 is 6.10 Å². The lowest BCUT2D eigenvalue weighted by Gasteiger charge is -2.14. The molecule has 0 bridgehead atoms. The van der Waals surface area contributed by atoms with Crippen LogP contribution in [-0.4, -0.2) is 18.6 Å². The summed E-state index contributed by atoms with van der Waals surface area (Å²) in [7, 11) is 0. The minimum Gasteiger partial charge on any atom is -0.356 e. The molecule has 1 radical (unpaired) electrons. The molecule has 0 aromatic carbocycles. The van der Waals surface area contributed by atoms with Crippen molar-refractivity contribution in [3.05, 3.63) is 0 Å². The molecule has 1 aliphatic heterocycles. The summed E-state index contributed by atoms with van der Waals surface area (Å²) in [6.07, 6.45) is 0.106. The van der Waals surface area contributed by atoms with Gasteiger partial charge in [-0.1, -0.05) is 0 Å². The SMILES string of the molecule is [O]C1CCNC(=O)C1. The first-order valence-corrected chi connectivity index (χ1v) is 2.71. The summed E-state index contributed by atoms with van der Waals surface area (Å²) in [6.45, 7) is 0.563. The molecule has 45 valence electrons. The van der Waals surface area contributed by atoms with Gasteiger partial charge >= 0.3 is 0 Å². The molecule has 1 fully saturated rings. The fraction of sp³-hybridized carbons (Fsp3) is 0.800. The third kappa shape index (κ3) is 1.20. The van der Waals surface area contributed by atoms with Crippen molar-refractivity contribution < 1.29 is 9.90 Å². The zero-order valence-electron chi connectivity index (χ0n) is 4.52. The number of carbonyl (C=O) groups is 1. The maximum absolute atomic E-state index is 10.5. The van der Waals surface area contributed by atoms with Crippen LogP contribution in [0.2, 0.25) is 0 Å². The van der Waals surface area contributed by atoms with E-state index in [1.807, 2.05) is 0 Å². The standard InChI is InChI=1S/C5H8NO2/c7-4-1-2-6-5(8)3-4/h4H,1-3H2,(H,6,8). The van der Waals surface area contributed by atoms with Crippen LogP contribution in [0.1, 0.15) is 12.8 Å². The molecular weight excluding hydrogens is 106 g/mol. The lowest BCUT2D eigenvalue weighted by Crippen LogP contribution is -2.35. The molecule has 1 saturated heterocycles. The summed E-state index contributed by atoms with van der Waals surface area (Å²) >= 11 is 0. The van der Waals surface area contributed by atoms with E-state index >= 15 is 0 Å². The summed E-state index contributed by atoms with van der Waals surface area (Å²) in [6, 6.07) is 0. The quantitative estimate of drug-likeness (QED) is 0.461. The average Bonchev–Trinajstić information content (AvgIpc) is 1.64. The van der Waals surface area contributed by atoms with E-state index in [4.69, 9.17) is 0 Å². The van der Waals surface area contributed by atoms with Gasteiger partial charge in [0, 0.05) is 6.54 Å². The van der Waals surface area contributed by atoms with Crippen LogP contribution < -0.4 is 5.32 Å². The maximum atomic E-state index is 10.5. The first kappa shape index (κ1) is 5.56. The summed E-state index contributed by atoms with van der Waals surface area (Å²) in [5.74, 6) is -0.101. The summed E-state index contributed by atoms with van der Waals surface area (Å²) < 4.78 is 0. The van der Waals surface area contributed by atoms with Crippen molar-refractivity contribution in [3.8, 4) is 0 Å². The molecule has 1 atom stereocenters. The molecule has 1 N–H and O–H groups in total. The summed E-state index contributed by atoms with van der Waals surface area (Å²) in [5.41, 5.74) is 0. The Kier molecular flexibility index (Phi) is 1.48. The molecule has 0 saturated carbocycles. The minimum absolute atomic E-state index is 0.101. The Labute approximate surface area is 47.7 Å². The molecule has 0 aromatic heterocycles. The zero-order valence-corrected chi connectivity index (χ0v) is 4.52. The second-order valence-electron chi connectivity index (χ2n) is 1.96. The molecule has 1 heterocycles. The fourth-order valence-electron chi connectivity index (χ4n) is 0.754. The van der Waals surface area contributed by atoms with Crippen LogP contribution in [0.4, 0.5) is 0 Å². The Morgan fingerprint density at radius 1 is 1.62 bits per heavy atom. The van der Waals surface area contributed by atoms with Crippen LogP contribution >= 0.6 is 0 Å². The van der Waals surface area contributed by atoms with Crippen LogP contribution in [0.25, 0.3) is 0 Å². The third-order valence-electron chi connectivity index (χ3n) is 1.20. The van der Waals surface area contributed by atoms with Gasteiger partial charge in [-0.2, -0.15) is 0 Å². The van der Waals surface area contributed by atoms with Crippen LogP contribution in [0.15, 0.2) is 0 Å². The molecule has 0 spiro atoms. The van der Waals surface area contributed by atoms with Gasteiger partial charge in [0.2, 0.25) is 5.91 Å². The van der Waals surface area contributed by atoms with Crippen molar-refractivity contribution >= 4 is 5.91 Å². The number of nitrogens with one attached hydrogen (secondary N) is 1. The number of amides is 1. The smallest absolute Gasteiger partial charge is 0.222 e. The lowest BCUT2D eigenvalue weighted by atomic mass is 10.1. The van der Waals surface area contributed by atoms with Crippen molar-refractivity contribution in [1.82, 2.24) is 5.32 Å². The molecular formula is C5H8NO2. The van der Waals surface area contributed by atoms with Crippen molar-refractivity contribution in [2.24, 2.45) is 0 Å². The number of hydrogen-bond donors (Lipinski definition) is 1. The van der Waals surface area contributed by atoms with Gasteiger partial charge in [0.1, 0.15) is 6.10 Å². The fourth-order valence-corrected chi connectivity index (χ4v) is 0.754. The highest BCUT2D eigenvalue weighted by molar-refractivity contribution is 5.77. The highest BCUT2D eigenvalue weighted by Gasteiger charge is 2.16. The first-order valence-electron chi connectivity index (χ1n) is 2.71. The van der Waals surface area contributed by atoms with Crippen LogP contribution in [0.3, 0.4) is 0 Å². The number of rotatable bonds is 0. The van der Waals surface area contributed by atoms with Crippen LogP contribution in [0.5, 0.6) is 0 Å². The molecule has 1 unspecified atom stereocenters. The molecule has 0 aliphatic carbocycles. The number of hydrogen-bond acceptors (Lipinski definition) is 1. The minimum atomic E-state index is -0.649. The predicted octanol–water partition coefficient (Wildman–Crippen LogP) is -0.305. The number of carbonyl (C=O) groups excluding carboxylic acids is 1. The average molecular weight is 114 g/mol. The van der Waals surface area contributed by atoms with Crippen LogP contribution in [0, 0.1) is 0 Å². The van der Waals surface area contributed by atoms with Crippen molar-refractivity contribution in [2.45, 2.75) is 18.9 Å². The van der Waals surface area contributed by atoms with Gasteiger partial charge in [-0.25, -0.2) is 5.11 Å². The summed E-state index contributed by atoms with van der Waals surface area (Å²) in [5, 5.41) is 13.1. The van der Waals surface area contributed by atoms with Gasteiger partial charge in [-0.3, -0.25) is 4.79 Å². The van der Waals surface area contributed by atoms with E-state index in [2.05, 4.69) is 5.32 Å². The van der Waals surface area contributed by atoms with Crippen LogP contribution in [-0.2, 0) is 9.90 Å². The van der Waals surface area contributed by atoms with Gasteiger partial charge in [0.25, 0.3) is 0 Å². The topological polar surface area (TPSA) is 49.0 Å². The molecule has 1 rings (SSSR count). The Morgan fingerprint density at radius 2 is 2.38 bits per heavy atom. The largest absolute Gasteiger partial charge is 0.356 e. The van der Waals surface area contributed by atoms with Crippen molar-refractivity contribution in [1.29, 1.82) is 0 Å². The zero-order chi connectivity index (χ0) is 5.98. The molecule has 0 aromatic rings. The van der Waals surface area contributed by atoms with E-state index in [1.165, 1.54) is 0 Å². The van der Waals surface area contributed by atoms with Gasteiger partial charge < -0.3 is 5.32 Å².